The third kappa shape index (κ3) is 4.70. The number of amides is 1. The quantitative estimate of drug-likeness (QED) is 0.509. The van der Waals surface area contributed by atoms with Gasteiger partial charge in [0.25, 0.3) is 5.91 Å². The van der Waals surface area contributed by atoms with Crippen molar-refractivity contribution >= 4 is 29.5 Å². The second-order valence-electron chi connectivity index (χ2n) is 8.65. The van der Waals surface area contributed by atoms with Crippen molar-refractivity contribution in [3.63, 3.8) is 0 Å². The van der Waals surface area contributed by atoms with Crippen LogP contribution >= 0.6 is 11.9 Å². The zero-order valence-electron chi connectivity index (χ0n) is 19.3. The number of fused-ring (bicyclic) bond motifs is 2. The third-order valence-corrected chi connectivity index (χ3v) is 7.77. The second-order valence-corrected chi connectivity index (χ2v) is 9.98. The van der Waals surface area contributed by atoms with E-state index in [1.165, 1.54) is 24.1 Å². The van der Waals surface area contributed by atoms with Crippen LogP contribution in [0.3, 0.4) is 0 Å². The van der Waals surface area contributed by atoms with Crippen molar-refractivity contribution in [2.24, 2.45) is 0 Å². The molecule has 1 aromatic heterocycles. The molecule has 1 fully saturated rings. The predicted octanol–water partition coefficient (Wildman–Crippen LogP) is 3.83. The summed E-state index contributed by atoms with van der Waals surface area (Å²) >= 11 is 1.71. The molecule has 0 unspecified atom stereocenters. The lowest BCUT2D eigenvalue weighted by atomic mass is 9.68. The number of nitrogens with zero attached hydrogens (tertiary/aromatic N) is 3. The first-order valence-electron chi connectivity index (χ1n) is 11.4. The van der Waals surface area contributed by atoms with Gasteiger partial charge in [-0.05, 0) is 66.9 Å². The Morgan fingerprint density at radius 1 is 1.39 bits per heavy atom. The minimum Gasteiger partial charge on any atom is -0.345 e. The summed E-state index contributed by atoms with van der Waals surface area (Å²) in [7, 11) is 1.92. The number of hydrogen-bond donors (Lipinski definition) is 3. The lowest BCUT2D eigenvalue weighted by Gasteiger charge is -2.55. The van der Waals surface area contributed by atoms with Crippen molar-refractivity contribution in [3.8, 4) is 0 Å². The van der Waals surface area contributed by atoms with Crippen LogP contribution in [-0.4, -0.2) is 58.0 Å². The van der Waals surface area contributed by atoms with Crippen LogP contribution in [0.4, 0.5) is 10.1 Å². The molecule has 33 heavy (non-hydrogen) atoms. The molecular weight excluding hydrogens is 439 g/mol. The van der Waals surface area contributed by atoms with Gasteiger partial charge in [-0.25, -0.2) is 9.37 Å². The first-order chi connectivity index (χ1) is 15.9. The van der Waals surface area contributed by atoms with Crippen LogP contribution in [0.2, 0.25) is 0 Å². The van der Waals surface area contributed by atoms with Gasteiger partial charge in [0.15, 0.2) is 0 Å². The lowest BCUT2D eigenvalue weighted by molar-refractivity contribution is 0.102. The number of anilines is 1. The molecule has 0 radical (unpaired) electrons. The van der Waals surface area contributed by atoms with Gasteiger partial charge in [0.1, 0.15) is 11.5 Å². The number of benzene rings is 1. The van der Waals surface area contributed by atoms with E-state index < -0.39 is 5.82 Å². The molecule has 2 aliphatic rings. The molecule has 1 saturated heterocycles. The van der Waals surface area contributed by atoms with Crippen molar-refractivity contribution < 1.29 is 9.18 Å². The highest BCUT2D eigenvalue weighted by molar-refractivity contribution is 7.98. The molecule has 0 saturated carbocycles. The summed E-state index contributed by atoms with van der Waals surface area (Å²) in [5, 5.41) is 15.0. The van der Waals surface area contributed by atoms with Gasteiger partial charge in [0, 0.05) is 25.7 Å². The summed E-state index contributed by atoms with van der Waals surface area (Å²) in [6.07, 6.45) is 4.21. The van der Waals surface area contributed by atoms with E-state index in [1.54, 1.807) is 11.9 Å². The van der Waals surface area contributed by atoms with Gasteiger partial charge in [-0.3, -0.25) is 14.5 Å². The van der Waals surface area contributed by atoms with Crippen LogP contribution in [0.15, 0.2) is 36.5 Å². The number of guanidine groups is 1. The Balaban J connectivity index is 1.57. The molecule has 1 amide bonds. The van der Waals surface area contributed by atoms with E-state index in [0.717, 1.165) is 44.2 Å². The maximum atomic E-state index is 13.1. The van der Waals surface area contributed by atoms with Gasteiger partial charge >= 0.3 is 0 Å². The number of pyridine rings is 1. The van der Waals surface area contributed by atoms with Gasteiger partial charge in [-0.1, -0.05) is 26.3 Å². The number of hydrogen-bond acceptors (Lipinski definition) is 5. The number of aromatic nitrogens is 1. The van der Waals surface area contributed by atoms with Gasteiger partial charge in [0.05, 0.1) is 17.0 Å². The summed E-state index contributed by atoms with van der Waals surface area (Å²) < 4.78 is 15.0. The van der Waals surface area contributed by atoms with Crippen molar-refractivity contribution in [2.45, 2.75) is 43.9 Å². The lowest BCUT2D eigenvalue weighted by Crippen LogP contribution is -2.67. The zero-order valence-corrected chi connectivity index (χ0v) is 20.1. The maximum absolute atomic E-state index is 13.1. The van der Waals surface area contributed by atoms with Crippen LogP contribution in [0.1, 0.15) is 48.3 Å². The first kappa shape index (κ1) is 23.5. The van der Waals surface area contributed by atoms with Crippen LogP contribution in [0.5, 0.6) is 0 Å². The average Bonchev–Trinajstić information content (AvgIpc) is 2.80. The molecule has 2 heterocycles. The van der Waals surface area contributed by atoms with Crippen molar-refractivity contribution in [1.29, 1.82) is 5.41 Å². The molecule has 2 atom stereocenters. The Morgan fingerprint density at radius 3 is 2.91 bits per heavy atom. The molecule has 176 valence electrons. The fourth-order valence-electron chi connectivity index (χ4n) is 4.50. The molecule has 7 nitrogen and oxygen atoms in total. The molecule has 1 aliphatic heterocycles. The van der Waals surface area contributed by atoms with Crippen molar-refractivity contribution in [2.75, 3.05) is 32.0 Å². The molecule has 9 heteroatoms. The Hall–Kier alpha value is -2.65. The molecule has 1 aromatic carbocycles. The smallest absolute Gasteiger partial charge is 0.274 e. The number of carbonyl (C=O) groups is 1. The number of unbranched alkanes of at least 4 members (excludes halogenated alkanes) is 1. The van der Waals surface area contributed by atoms with E-state index in [-0.39, 0.29) is 22.4 Å². The first-order valence-corrected chi connectivity index (χ1v) is 12.3. The molecular formula is C24H31FN6OS. The number of nitrogens with one attached hydrogen (secondary N) is 3. The topological polar surface area (TPSA) is 84.4 Å². The molecule has 0 bridgehead atoms. The molecule has 4 rings (SSSR count). The SMILES string of the molecule is CCCCN(CC)C[C@@H]1SN(C)C(=N)N[C@@]12Cc1ccc(NC(=O)c3ccc(F)cn3)cc12. The molecule has 1 aliphatic carbocycles. The zero-order chi connectivity index (χ0) is 23.6. The highest BCUT2D eigenvalue weighted by Crippen LogP contribution is 2.49. The Morgan fingerprint density at radius 2 is 2.21 bits per heavy atom. The van der Waals surface area contributed by atoms with Crippen LogP contribution in [-0.2, 0) is 12.0 Å². The monoisotopic (exact) mass is 470 g/mol. The number of rotatable bonds is 8. The van der Waals surface area contributed by atoms with E-state index in [1.807, 2.05) is 29.6 Å². The van der Waals surface area contributed by atoms with Crippen LogP contribution in [0.25, 0.3) is 0 Å². The van der Waals surface area contributed by atoms with Gasteiger partial charge in [0.2, 0.25) is 5.96 Å². The highest BCUT2D eigenvalue weighted by atomic mass is 32.2. The van der Waals surface area contributed by atoms with E-state index >= 15 is 0 Å². The molecule has 1 spiro atoms. The van der Waals surface area contributed by atoms with Gasteiger partial charge in [-0.15, -0.1) is 0 Å². The normalized spacial score (nSPS) is 21.5. The number of halogens is 1. The summed E-state index contributed by atoms with van der Waals surface area (Å²) in [4.78, 5) is 18.9. The minimum absolute atomic E-state index is 0.163. The third-order valence-electron chi connectivity index (χ3n) is 6.47. The number of carbonyl (C=O) groups excluding carboxylic acids is 1. The summed E-state index contributed by atoms with van der Waals surface area (Å²) in [6.45, 7) is 7.37. The van der Waals surface area contributed by atoms with Crippen molar-refractivity contribution in [3.05, 3.63) is 59.2 Å². The van der Waals surface area contributed by atoms with Crippen LogP contribution < -0.4 is 10.6 Å². The summed E-state index contributed by atoms with van der Waals surface area (Å²) in [5.74, 6) is -0.465. The van der Waals surface area contributed by atoms with E-state index in [0.29, 0.717) is 11.6 Å². The Bertz CT molecular complexity index is 1030. The summed E-state index contributed by atoms with van der Waals surface area (Å²) in [6, 6.07) is 8.52. The Kier molecular flexibility index (Phi) is 6.90. The standard InChI is InChI=1S/C24H31FN6OS/c1-4-6-11-31(5-2)15-21-24(29-23(26)30(3)33-21)13-16-7-9-18(12-19(16)24)28-22(32)20-10-8-17(25)14-27-20/h7-10,12,14,21H,4-6,11,13,15H2,1-3H3,(H2,26,29)(H,28,32)/t21-,24+/m0/s1. The second kappa shape index (κ2) is 9.69. The Labute approximate surface area is 198 Å². The highest BCUT2D eigenvalue weighted by Gasteiger charge is 2.53. The average molecular weight is 471 g/mol. The predicted molar refractivity (Wildman–Crippen MR) is 131 cm³/mol. The van der Waals surface area contributed by atoms with E-state index in [4.69, 9.17) is 5.41 Å². The van der Waals surface area contributed by atoms with E-state index in [2.05, 4.69) is 34.4 Å². The van der Waals surface area contributed by atoms with E-state index in [9.17, 15) is 9.18 Å². The molecule has 2 aromatic rings. The minimum atomic E-state index is -0.478. The van der Waals surface area contributed by atoms with Gasteiger partial charge in [-0.2, -0.15) is 0 Å². The van der Waals surface area contributed by atoms with Crippen molar-refractivity contribution in [1.82, 2.24) is 19.5 Å². The maximum Gasteiger partial charge on any atom is 0.274 e. The molecule has 3 N–H and O–H groups in total. The largest absolute Gasteiger partial charge is 0.345 e. The van der Waals surface area contributed by atoms with Crippen LogP contribution in [0, 0.1) is 11.2 Å². The summed E-state index contributed by atoms with van der Waals surface area (Å²) in [5.41, 5.74) is 2.82. The van der Waals surface area contributed by atoms with Gasteiger partial charge < -0.3 is 15.5 Å². The fraction of sp³-hybridized carbons (Fsp3) is 0.458. The fourth-order valence-corrected chi connectivity index (χ4v) is 5.76.